The van der Waals surface area contributed by atoms with Gasteiger partial charge in [0.15, 0.2) is 11.0 Å². The molecule has 7 nitrogen and oxygen atoms in total. The number of aromatic nitrogens is 3. The standard InChI is InChI=1S/C24H22ClN5O2S/c1-32-21-12-6-9-19(14-21)27-23(31)16-33-24-29-28-22(30(24)20-10-3-2-4-11-20)15-26-18-8-5-7-17(25)13-18/h2-14,26H,15-16H2,1H3,(H,27,31). The van der Waals surface area contributed by atoms with Crippen molar-refractivity contribution in [2.75, 3.05) is 23.5 Å². The van der Waals surface area contributed by atoms with E-state index in [0.717, 1.165) is 17.2 Å². The minimum Gasteiger partial charge on any atom is -0.497 e. The fourth-order valence-corrected chi connectivity index (χ4v) is 4.11. The number of hydrogen-bond acceptors (Lipinski definition) is 6. The number of carbonyl (C=O) groups excluding carboxylic acids is 1. The van der Waals surface area contributed by atoms with Gasteiger partial charge in [0.25, 0.3) is 0 Å². The Morgan fingerprint density at radius 1 is 1.00 bits per heavy atom. The van der Waals surface area contributed by atoms with Gasteiger partial charge in [-0.3, -0.25) is 9.36 Å². The zero-order valence-corrected chi connectivity index (χ0v) is 19.4. The van der Waals surface area contributed by atoms with E-state index in [2.05, 4.69) is 20.8 Å². The van der Waals surface area contributed by atoms with Crippen molar-refractivity contribution in [3.63, 3.8) is 0 Å². The molecular weight excluding hydrogens is 458 g/mol. The highest BCUT2D eigenvalue weighted by Gasteiger charge is 2.16. The molecule has 4 aromatic rings. The highest BCUT2D eigenvalue weighted by Crippen LogP contribution is 2.24. The molecule has 2 N–H and O–H groups in total. The predicted octanol–water partition coefficient (Wildman–Crippen LogP) is 5.27. The zero-order valence-electron chi connectivity index (χ0n) is 17.9. The molecule has 1 heterocycles. The molecule has 0 saturated carbocycles. The minimum atomic E-state index is -0.144. The van der Waals surface area contributed by atoms with E-state index in [1.807, 2.05) is 77.4 Å². The Bertz CT molecular complexity index is 1230. The number of amides is 1. The Morgan fingerprint density at radius 3 is 2.58 bits per heavy atom. The first kappa shape index (κ1) is 22.7. The lowest BCUT2D eigenvalue weighted by atomic mass is 10.3. The maximum Gasteiger partial charge on any atom is 0.234 e. The second-order valence-electron chi connectivity index (χ2n) is 7.00. The van der Waals surface area contributed by atoms with Crippen molar-refractivity contribution >= 4 is 40.6 Å². The summed E-state index contributed by atoms with van der Waals surface area (Å²) >= 11 is 7.40. The van der Waals surface area contributed by atoms with Crippen LogP contribution in [-0.2, 0) is 11.3 Å². The van der Waals surface area contributed by atoms with E-state index >= 15 is 0 Å². The number of thioether (sulfide) groups is 1. The van der Waals surface area contributed by atoms with Crippen LogP contribution >= 0.6 is 23.4 Å². The second kappa shape index (κ2) is 10.9. The SMILES string of the molecule is COc1cccc(NC(=O)CSc2nnc(CNc3cccc(Cl)c3)n2-c2ccccc2)c1. The summed E-state index contributed by atoms with van der Waals surface area (Å²) in [5.41, 5.74) is 2.48. The number of nitrogens with zero attached hydrogens (tertiary/aromatic N) is 3. The molecule has 33 heavy (non-hydrogen) atoms. The van der Waals surface area contributed by atoms with E-state index in [0.29, 0.717) is 28.2 Å². The van der Waals surface area contributed by atoms with Gasteiger partial charge in [-0.05, 0) is 42.5 Å². The molecule has 0 fully saturated rings. The fraction of sp³-hybridized carbons (Fsp3) is 0.125. The van der Waals surface area contributed by atoms with E-state index < -0.39 is 0 Å². The van der Waals surface area contributed by atoms with Crippen molar-refractivity contribution in [2.24, 2.45) is 0 Å². The number of hydrogen-bond donors (Lipinski definition) is 2. The minimum absolute atomic E-state index is 0.144. The molecule has 0 radical (unpaired) electrons. The highest BCUT2D eigenvalue weighted by molar-refractivity contribution is 7.99. The van der Waals surface area contributed by atoms with E-state index in [-0.39, 0.29) is 11.7 Å². The van der Waals surface area contributed by atoms with Crippen molar-refractivity contribution in [1.82, 2.24) is 14.8 Å². The van der Waals surface area contributed by atoms with Crippen LogP contribution in [0.1, 0.15) is 5.82 Å². The van der Waals surface area contributed by atoms with E-state index in [4.69, 9.17) is 16.3 Å². The largest absolute Gasteiger partial charge is 0.497 e. The van der Waals surface area contributed by atoms with Crippen molar-refractivity contribution in [3.05, 3.63) is 89.7 Å². The lowest BCUT2D eigenvalue weighted by Gasteiger charge is -2.12. The van der Waals surface area contributed by atoms with Crippen LogP contribution in [-0.4, -0.2) is 33.5 Å². The number of halogens is 1. The molecule has 168 valence electrons. The molecule has 1 aromatic heterocycles. The Hall–Kier alpha value is -3.49. The van der Waals surface area contributed by atoms with E-state index in [9.17, 15) is 4.79 Å². The Morgan fingerprint density at radius 2 is 1.79 bits per heavy atom. The fourth-order valence-electron chi connectivity index (χ4n) is 3.15. The van der Waals surface area contributed by atoms with Crippen molar-refractivity contribution in [3.8, 4) is 11.4 Å². The van der Waals surface area contributed by atoms with Gasteiger partial charge in [0, 0.05) is 28.2 Å². The van der Waals surface area contributed by atoms with Crippen molar-refractivity contribution in [2.45, 2.75) is 11.7 Å². The molecule has 0 aliphatic carbocycles. The first-order valence-corrected chi connectivity index (χ1v) is 11.5. The molecule has 3 aromatic carbocycles. The molecule has 1 amide bonds. The number of methoxy groups -OCH3 is 1. The van der Waals surface area contributed by atoms with Gasteiger partial charge in [-0.15, -0.1) is 10.2 Å². The Kier molecular flexibility index (Phi) is 7.49. The van der Waals surface area contributed by atoms with Gasteiger partial charge in [-0.1, -0.05) is 53.7 Å². The summed E-state index contributed by atoms with van der Waals surface area (Å²) in [6.45, 7) is 0.443. The number of rotatable bonds is 9. The molecule has 0 unspecified atom stereocenters. The smallest absolute Gasteiger partial charge is 0.234 e. The van der Waals surface area contributed by atoms with Gasteiger partial charge in [0.1, 0.15) is 5.75 Å². The monoisotopic (exact) mass is 479 g/mol. The number of anilines is 2. The maximum atomic E-state index is 12.5. The summed E-state index contributed by atoms with van der Waals surface area (Å²) in [5.74, 6) is 1.44. The number of ether oxygens (including phenoxy) is 1. The van der Waals surface area contributed by atoms with Gasteiger partial charge in [0.2, 0.25) is 5.91 Å². The van der Waals surface area contributed by atoms with Crippen LogP contribution in [0.3, 0.4) is 0 Å². The number of carbonyl (C=O) groups is 1. The molecule has 0 atom stereocenters. The molecule has 0 aliphatic rings. The van der Waals surface area contributed by atoms with Crippen LogP contribution in [0.4, 0.5) is 11.4 Å². The van der Waals surface area contributed by atoms with Gasteiger partial charge >= 0.3 is 0 Å². The first-order valence-electron chi connectivity index (χ1n) is 10.2. The van der Waals surface area contributed by atoms with Crippen LogP contribution < -0.4 is 15.4 Å². The van der Waals surface area contributed by atoms with Crippen LogP contribution in [0.15, 0.2) is 84.0 Å². The summed E-state index contributed by atoms with van der Waals surface area (Å²) in [7, 11) is 1.59. The molecular formula is C24H22ClN5O2S. The average Bonchev–Trinajstić information content (AvgIpc) is 3.25. The normalized spacial score (nSPS) is 10.6. The zero-order chi connectivity index (χ0) is 23.0. The lowest BCUT2D eigenvalue weighted by molar-refractivity contribution is -0.113. The third kappa shape index (κ3) is 6.06. The number of nitrogens with one attached hydrogen (secondary N) is 2. The molecule has 0 spiro atoms. The van der Waals surface area contributed by atoms with Gasteiger partial charge in [-0.25, -0.2) is 0 Å². The third-order valence-corrected chi connectivity index (χ3v) is 5.84. The van der Waals surface area contributed by atoms with Crippen LogP contribution in [0.5, 0.6) is 5.75 Å². The van der Waals surface area contributed by atoms with Crippen LogP contribution in [0.25, 0.3) is 5.69 Å². The summed E-state index contributed by atoms with van der Waals surface area (Å²) < 4.78 is 7.15. The van der Waals surface area contributed by atoms with Gasteiger partial charge in [0.05, 0.1) is 19.4 Å². The number of benzene rings is 3. The quantitative estimate of drug-likeness (QED) is 0.318. The van der Waals surface area contributed by atoms with E-state index in [1.165, 1.54) is 11.8 Å². The first-order chi connectivity index (χ1) is 16.1. The topological polar surface area (TPSA) is 81.1 Å². The average molecular weight is 480 g/mol. The molecule has 0 aliphatic heterocycles. The predicted molar refractivity (Wildman–Crippen MR) is 132 cm³/mol. The van der Waals surface area contributed by atoms with Crippen molar-refractivity contribution in [1.29, 1.82) is 0 Å². The molecule has 4 rings (SSSR count). The van der Waals surface area contributed by atoms with Crippen LogP contribution in [0, 0.1) is 0 Å². The van der Waals surface area contributed by atoms with Crippen LogP contribution in [0.2, 0.25) is 5.02 Å². The highest BCUT2D eigenvalue weighted by atomic mass is 35.5. The van der Waals surface area contributed by atoms with Gasteiger partial charge < -0.3 is 15.4 Å². The summed E-state index contributed by atoms with van der Waals surface area (Å²) in [5, 5.41) is 16.2. The summed E-state index contributed by atoms with van der Waals surface area (Å²) in [4.78, 5) is 12.5. The maximum absolute atomic E-state index is 12.5. The van der Waals surface area contributed by atoms with E-state index in [1.54, 1.807) is 13.2 Å². The summed E-state index contributed by atoms with van der Waals surface area (Å²) in [6, 6.07) is 24.5. The second-order valence-corrected chi connectivity index (χ2v) is 8.38. The third-order valence-electron chi connectivity index (χ3n) is 4.68. The summed E-state index contributed by atoms with van der Waals surface area (Å²) in [6.07, 6.45) is 0. The molecule has 0 saturated heterocycles. The Labute approximate surface area is 201 Å². The number of para-hydroxylation sites is 1. The van der Waals surface area contributed by atoms with Crippen molar-refractivity contribution < 1.29 is 9.53 Å². The lowest BCUT2D eigenvalue weighted by Crippen LogP contribution is -2.15. The molecule has 9 heteroatoms. The molecule has 0 bridgehead atoms. The Balaban J connectivity index is 1.48. The van der Waals surface area contributed by atoms with Gasteiger partial charge in [-0.2, -0.15) is 0 Å².